The fraction of sp³-hybridized carbons (Fsp3) is 0.750. The number of hydrogen-bond acceptors (Lipinski definition) is 7. The predicted molar refractivity (Wildman–Crippen MR) is 84.4 cm³/mol. The van der Waals surface area contributed by atoms with Crippen molar-refractivity contribution in [1.82, 2.24) is 15.0 Å². The number of nitrogens with zero attached hydrogens (tertiary/aromatic N) is 4. The number of nitrogens with one attached hydrogen (secondary N) is 2. The highest BCUT2D eigenvalue weighted by Crippen LogP contribution is 2.11. The third-order valence-electron chi connectivity index (χ3n) is 2.56. The summed E-state index contributed by atoms with van der Waals surface area (Å²) in [6, 6.07) is 0. The zero-order valence-corrected chi connectivity index (χ0v) is 13.0. The third kappa shape index (κ3) is 5.96. The van der Waals surface area contributed by atoms with Gasteiger partial charge in [0.15, 0.2) is 0 Å². The van der Waals surface area contributed by atoms with Crippen LogP contribution in [0, 0.1) is 0 Å². The van der Waals surface area contributed by atoms with Crippen molar-refractivity contribution >= 4 is 29.6 Å². The molecule has 1 heterocycles. The van der Waals surface area contributed by atoms with E-state index >= 15 is 0 Å². The van der Waals surface area contributed by atoms with E-state index in [9.17, 15) is 0 Å². The van der Waals surface area contributed by atoms with E-state index in [0.29, 0.717) is 17.8 Å². The average Bonchev–Trinajstić information content (AvgIpc) is 2.42. The molecule has 0 aromatic carbocycles. The Balaban J connectivity index is 2.46. The molecule has 0 bridgehead atoms. The predicted octanol–water partition coefficient (Wildman–Crippen LogP) is 1.92. The fourth-order valence-electron chi connectivity index (χ4n) is 1.50. The van der Waals surface area contributed by atoms with Gasteiger partial charge in [0.1, 0.15) is 0 Å². The van der Waals surface area contributed by atoms with Crippen molar-refractivity contribution in [3.63, 3.8) is 0 Å². The number of anilines is 3. The summed E-state index contributed by atoms with van der Waals surface area (Å²) >= 11 is 1.90. The first kappa shape index (κ1) is 15.8. The highest BCUT2D eigenvalue weighted by atomic mass is 32.2. The highest BCUT2D eigenvalue weighted by Gasteiger charge is 2.06. The van der Waals surface area contributed by atoms with Crippen molar-refractivity contribution in [2.75, 3.05) is 55.2 Å². The van der Waals surface area contributed by atoms with Gasteiger partial charge in [0, 0.05) is 27.7 Å². The summed E-state index contributed by atoms with van der Waals surface area (Å²) < 4.78 is 0. The minimum atomic E-state index is 0.587. The number of rotatable bonds is 9. The van der Waals surface area contributed by atoms with Crippen molar-refractivity contribution in [2.45, 2.75) is 19.3 Å². The van der Waals surface area contributed by atoms with Crippen molar-refractivity contribution in [2.24, 2.45) is 0 Å². The Morgan fingerprint density at radius 3 is 2.42 bits per heavy atom. The largest absolute Gasteiger partial charge is 0.357 e. The molecule has 0 aliphatic rings. The van der Waals surface area contributed by atoms with Crippen LogP contribution in [0.4, 0.5) is 17.8 Å². The number of unbranched alkanes of at least 4 members (excludes halogenated alkanes) is 2. The van der Waals surface area contributed by atoms with E-state index in [2.05, 4.69) is 31.8 Å². The van der Waals surface area contributed by atoms with Crippen LogP contribution in [-0.4, -0.2) is 54.6 Å². The molecule has 7 heteroatoms. The molecule has 0 unspecified atom stereocenters. The van der Waals surface area contributed by atoms with Gasteiger partial charge in [-0.3, -0.25) is 0 Å². The molecule has 0 radical (unpaired) electrons. The highest BCUT2D eigenvalue weighted by molar-refractivity contribution is 7.98. The second kappa shape index (κ2) is 8.79. The van der Waals surface area contributed by atoms with Gasteiger partial charge in [0.2, 0.25) is 17.8 Å². The number of thioether (sulfide) groups is 1. The van der Waals surface area contributed by atoms with Gasteiger partial charge in [0.05, 0.1) is 0 Å². The summed E-state index contributed by atoms with van der Waals surface area (Å²) in [5, 5.41) is 6.21. The van der Waals surface area contributed by atoms with E-state index in [1.54, 1.807) is 7.05 Å². The Hall–Kier alpha value is -1.24. The van der Waals surface area contributed by atoms with E-state index in [4.69, 9.17) is 0 Å². The molecule has 0 aliphatic heterocycles. The van der Waals surface area contributed by atoms with Crippen LogP contribution in [0.25, 0.3) is 0 Å². The molecule has 1 aromatic rings. The first-order valence-corrected chi connectivity index (χ1v) is 7.90. The van der Waals surface area contributed by atoms with Gasteiger partial charge in [0.25, 0.3) is 0 Å². The Morgan fingerprint density at radius 1 is 1.05 bits per heavy atom. The summed E-state index contributed by atoms with van der Waals surface area (Å²) in [4.78, 5) is 14.8. The normalized spacial score (nSPS) is 10.3. The summed E-state index contributed by atoms with van der Waals surface area (Å²) in [5.41, 5.74) is 0. The minimum Gasteiger partial charge on any atom is -0.357 e. The smallest absolute Gasteiger partial charge is 0.231 e. The lowest BCUT2D eigenvalue weighted by Gasteiger charge is -2.13. The molecule has 108 valence electrons. The molecule has 1 aromatic heterocycles. The SMILES string of the molecule is CNc1nc(NCCCCCSC)nc(N(C)C)n1. The zero-order chi connectivity index (χ0) is 14.1. The molecular weight excluding hydrogens is 260 g/mol. The molecule has 6 nitrogen and oxygen atoms in total. The van der Waals surface area contributed by atoms with Crippen LogP contribution in [-0.2, 0) is 0 Å². The maximum absolute atomic E-state index is 4.36. The first-order valence-electron chi connectivity index (χ1n) is 6.51. The van der Waals surface area contributed by atoms with Gasteiger partial charge in [-0.2, -0.15) is 26.7 Å². The lowest BCUT2D eigenvalue weighted by molar-refractivity contribution is 0.745. The molecule has 0 fully saturated rings. The first-order chi connectivity index (χ1) is 9.17. The maximum atomic E-state index is 4.36. The summed E-state index contributed by atoms with van der Waals surface area (Å²) in [6.07, 6.45) is 5.78. The summed E-state index contributed by atoms with van der Waals surface area (Å²) in [6.45, 7) is 0.897. The van der Waals surface area contributed by atoms with Crippen molar-refractivity contribution in [3.05, 3.63) is 0 Å². The van der Waals surface area contributed by atoms with E-state index in [-0.39, 0.29) is 0 Å². The van der Waals surface area contributed by atoms with Gasteiger partial charge in [-0.15, -0.1) is 0 Å². The Kier molecular flexibility index (Phi) is 7.32. The Labute approximate surface area is 119 Å². The van der Waals surface area contributed by atoms with Crippen LogP contribution in [0.2, 0.25) is 0 Å². The Bertz CT molecular complexity index is 371. The fourth-order valence-corrected chi connectivity index (χ4v) is 2.00. The van der Waals surface area contributed by atoms with Crippen LogP contribution < -0.4 is 15.5 Å². The van der Waals surface area contributed by atoms with Crippen LogP contribution in [0.15, 0.2) is 0 Å². The van der Waals surface area contributed by atoms with Crippen LogP contribution in [0.3, 0.4) is 0 Å². The van der Waals surface area contributed by atoms with Crippen molar-refractivity contribution < 1.29 is 0 Å². The van der Waals surface area contributed by atoms with Gasteiger partial charge in [-0.05, 0) is 24.9 Å². The number of hydrogen-bond donors (Lipinski definition) is 2. The third-order valence-corrected chi connectivity index (χ3v) is 3.25. The molecule has 0 aliphatic carbocycles. The number of aromatic nitrogens is 3. The van der Waals surface area contributed by atoms with E-state index in [1.807, 2.05) is 30.8 Å². The monoisotopic (exact) mass is 284 g/mol. The molecule has 0 saturated carbocycles. The second-order valence-electron chi connectivity index (χ2n) is 4.41. The molecule has 1 rings (SSSR count). The average molecular weight is 284 g/mol. The molecule has 0 saturated heterocycles. The lowest BCUT2D eigenvalue weighted by Crippen LogP contribution is -2.16. The molecule has 19 heavy (non-hydrogen) atoms. The van der Waals surface area contributed by atoms with E-state index < -0.39 is 0 Å². The van der Waals surface area contributed by atoms with Crippen molar-refractivity contribution in [3.8, 4) is 0 Å². The second-order valence-corrected chi connectivity index (χ2v) is 5.39. The van der Waals surface area contributed by atoms with Gasteiger partial charge in [-0.25, -0.2) is 0 Å². The zero-order valence-electron chi connectivity index (χ0n) is 12.2. The topological polar surface area (TPSA) is 66.0 Å². The standard InChI is InChI=1S/C12H24N6S/c1-13-10-15-11(17-12(16-10)18(2)3)14-8-6-5-7-9-19-4/h5-9H2,1-4H3,(H2,13,14,15,16,17). The lowest BCUT2D eigenvalue weighted by atomic mass is 10.2. The van der Waals surface area contributed by atoms with Gasteiger partial charge >= 0.3 is 0 Å². The molecule has 0 atom stereocenters. The van der Waals surface area contributed by atoms with E-state index in [0.717, 1.165) is 13.0 Å². The summed E-state index contributed by atoms with van der Waals surface area (Å²) in [5.74, 6) is 3.11. The van der Waals surface area contributed by atoms with Crippen molar-refractivity contribution in [1.29, 1.82) is 0 Å². The molecule has 0 spiro atoms. The van der Waals surface area contributed by atoms with Gasteiger partial charge in [-0.1, -0.05) is 6.42 Å². The summed E-state index contributed by atoms with van der Waals surface area (Å²) in [7, 11) is 5.64. The van der Waals surface area contributed by atoms with Crippen LogP contribution in [0.5, 0.6) is 0 Å². The molecule has 0 amide bonds. The van der Waals surface area contributed by atoms with Gasteiger partial charge < -0.3 is 15.5 Å². The van der Waals surface area contributed by atoms with E-state index in [1.165, 1.54) is 18.6 Å². The quantitative estimate of drug-likeness (QED) is 0.672. The Morgan fingerprint density at radius 2 is 1.79 bits per heavy atom. The van der Waals surface area contributed by atoms with Crippen LogP contribution >= 0.6 is 11.8 Å². The maximum Gasteiger partial charge on any atom is 0.231 e. The van der Waals surface area contributed by atoms with Crippen LogP contribution in [0.1, 0.15) is 19.3 Å². The minimum absolute atomic E-state index is 0.587. The molecule has 2 N–H and O–H groups in total. The molecular formula is C12H24N6S.